The lowest BCUT2D eigenvalue weighted by atomic mass is 10.1. The number of allylic oxidation sites excluding steroid dienone is 2. The van der Waals surface area contributed by atoms with Crippen LogP contribution < -0.4 is 15.5 Å². The summed E-state index contributed by atoms with van der Waals surface area (Å²) >= 11 is 3.17. The topological polar surface area (TPSA) is 98.7 Å². The predicted octanol–water partition coefficient (Wildman–Crippen LogP) is 6.90. The number of nitrogens with zero attached hydrogens (tertiary/aromatic N) is 1. The zero-order valence-corrected chi connectivity index (χ0v) is 22.7. The Hall–Kier alpha value is -3.95. The molecule has 2 aliphatic rings. The lowest BCUT2D eigenvalue weighted by Crippen LogP contribution is -2.49. The van der Waals surface area contributed by atoms with Gasteiger partial charge in [0.25, 0.3) is 0 Å². The summed E-state index contributed by atoms with van der Waals surface area (Å²) in [4.78, 5) is 41.3. The number of carboxylic acid groups (broad SMARTS) is 1. The second kappa shape index (κ2) is 11.8. The van der Waals surface area contributed by atoms with E-state index < -0.39 is 5.97 Å². The number of rotatable bonds is 7. The molecule has 1 aliphatic carbocycles. The Morgan fingerprint density at radius 1 is 0.949 bits per heavy atom. The van der Waals surface area contributed by atoms with E-state index >= 15 is 0 Å². The maximum Gasteiger partial charge on any atom is 0.335 e. The summed E-state index contributed by atoms with van der Waals surface area (Å²) < 4.78 is 0. The van der Waals surface area contributed by atoms with E-state index in [1.54, 1.807) is 23.9 Å². The second-order valence-electron chi connectivity index (χ2n) is 9.03. The van der Waals surface area contributed by atoms with Gasteiger partial charge in [0.05, 0.1) is 27.8 Å². The summed E-state index contributed by atoms with van der Waals surface area (Å²) in [5.74, 6) is -1.19. The number of anilines is 3. The van der Waals surface area contributed by atoms with E-state index in [2.05, 4.69) is 22.8 Å². The van der Waals surface area contributed by atoms with Gasteiger partial charge in [0.2, 0.25) is 5.91 Å². The first-order chi connectivity index (χ1) is 18.9. The molecule has 3 aromatic carbocycles. The van der Waals surface area contributed by atoms with Gasteiger partial charge in [-0.1, -0.05) is 49.4 Å². The van der Waals surface area contributed by atoms with Crippen LogP contribution in [0.5, 0.6) is 0 Å². The van der Waals surface area contributed by atoms with Crippen LogP contribution in [0.15, 0.2) is 107 Å². The van der Waals surface area contributed by atoms with E-state index in [0.29, 0.717) is 17.8 Å². The van der Waals surface area contributed by atoms with E-state index in [9.17, 15) is 14.4 Å². The molecule has 5 rings (SSSR count). The van der Waals surface area contributed by atoms with Gasteiger partial charge in [0.1, 0.15) is 0 Å². The summed E-state index contributed by atoms with van der Waals surface area (Å²) in [6.07, 6.45) is 8.76. The molecular formula is C30H27N3O4S2. The quantitative estimate of drug-likeness (QED) is 0.273. The largest absolute Gasteiger partial charge is 0.478 e. The molecule has 39 heavy (non-hydrogen) atoms. The Morgan fingerprint density at radius 2 is 1.72 bits per heavy atom. The summed E-state index contributed by atoms with van der Waals surface area (Å²) in [6, 6.07) is 21.2. The Balaban J connectivity index is 1.28. The fraction of sp³-hybridized carbons (Fsp3) is 0.167. The van der Waals surface area contributed by atoms with Gasteiger partial charge in [-0.05, 0) is 61.0 Å². The van der Waals surface area contributed by atoms with Crippen molar-refractivity contribution in [1.29, 1.82) is 0 Å². The van der Waals surface area contributed by atoms with E-state index in [4.69, 9.17) is 5.11 Å². The molecule has 1 aliphatic heterocycles. The summed E-state index contributed by atoms with van der Waals surface area (Å²) in [6.45, 7) is 1.94. The molecule has 3 aromatic rings. The maximum absolute atomic E-state index is 13.6. The zero-order chi connectivity index (χ0) is 27.4. The first kappa shape index (κ1) is 26.6. The molecule has 3 atom stereocenters. The zero-order valence-electron chi connectivity index (χ0n) is 21.1. The van der Waals surface area contributed by atoms with E-state index in [1.165, 1.54) is 23.9 Å². The molecule has 3 N–H and O–H groups in total. The minimum Gasteiger partial charge on any atom is -0.478 e. The number of para-hydroxylation sites is 1. The molecule has 0 fully saturated rings. The Labute approximate surface area is 235 Å². The highest BCUT2D eigenvalue weighted by molar-refractivity contribution is 8.00. The number of carboxylic acids is 1. The number of hydrogen-bond donors (Lipinski definition) is 3. The molecule has 0 radical (unpaired) electrons. The van der Waals surface area contributed by atoms with Crippen molar-refractivity contribution in [2.75, 3.05) is 15.5 Å². The first-order valence-electron chi connectivity index (χ1n) is 12.5. The third-order valence-corrected chi connectivity index (χ3v) is 9.05. The van der Waals surface area contributed by atoms with Gasteiger partial charge in [-0.15, -0.1) is 23.5 Å². The lowest BCUT2D eigenvalue weighted by molar-refractivity contribution is -0.115. The fourth-order valence-corrected chi connectivity index (χ4v) is 6.73. The maximum atomic E-state index is 13.6. The molecule has 3 unspecified atom stereocenters. The molecule has 3 amide bonds. The standard InChI is InChI=1S/C30H27N3O4S2/c1-2-25(28(34)31-20-16-14-19(15-17-20)29(35)36)38-22-9-7-8-21(18-22)32-30(37)33-23-10-3-5-12-26(23)39-27-13-6-4-11-24(27)33/h3-18,23,25-26H,2H2,1H3,(H,31,34)(H,32,37)(H,35,36). The highest BCUT2D eigenvalue weighted by Crippen LogP contribution is 2.43. The Kier molecular flexibility index (Phi) is 8.09. The van der Waals surface area contributed by atoms with Gasteiger partial charge in [0.15, 0.2) is 0 Å². The molecule has 0 saturated carbocycles. The minimum absolute atomic E-state index is 0.0924. The summed E-state index contributed by atoms with van der Waals surface area (Å²) in [5.41, 5.74) is 2.22. The number of amides is 3. The van der Waals surface area contributed by atoms with Crippen molar-refractivity contribution in [2.45, 2.75) is 39.7 Å². The van der Waals surface area contributed by atoms with Crippen LogP contribution in [0.1, 0.15) is 23.7 Å². The van der Waals surface area contributed by atoms with Crippen molar-refractivity contribution in [1.82, 2.24) is 0 Å². The number of urea groups is 1. The molecule has 7 nitrogen and oxygen atoms in total. The average Bonchev–Trinajstić information content (AvgIpc) is 2.95. The van der Waals surface area contributed by atoms with Gasteiger partial charge in [-0.2, -0.15) is 0 Å². The minimum atomic E-state index is -1.02. The van der Waals surface area contributed by atoms with Gasteiger partial charge in [-0.25, -0.2) is 9.59 Å². The van der Waals surface area contributed by atoms with Crippen molar-refractivity contribution < 1.29 is 19.5 Å². The van der Waals surface area contributed by atoms with Gasteiger partial charge >= 0.3 is 12.0 Å². The molecule has 1 heterocycles. The van der Waals surface area contributed by atoms with Crippen LogP contribution in [0.25, 0.3) is 0 Å². The number of aromatic carboxylic acids is 1. The SMILES string of the molecule is CCC(Sc1cccc(NC(=O)N2c3ccccc3SC3C=CC=CC32)c1)C(=O)Nc1ccc(C(=O)O)cc1. The number of hydrogen-bond acceptors (Lipinski definition) is 5. The first-order valence-corrected chi connectivity index (χ1v) is 14.3. The number of fused-ring (bicyclic) bond motifs is 2. The number of thioether (sulfide) groups is 2. The van der Waals surface area contributed by atoms with Gasteiger partial charge in [-0.3, -0.25) is 9.69 Å². The molecule has 0 aromatic heterocycles. The van der Waals surface area contributed by atoms with Crippen LogP contribution in [0.2, 0.25) is 0 Å². The normalized spacial score (nSPS) is 18.0. The molecule has 0 bridgehead atoms. The number of carbonyl (C=O) groups excluding carboxylic acids is 2. The van der Waals surface area contributed by atoms with Crippen LogP contribution in [0.4, 0.5) is 21.9 Å². The smallest absolute Gasteiger partial charge is 0.335 e. The summed E-state index contributed by atoms with van der Waals surface area (Å²) in [5, 5.41) is 14.8. The van der Waals surface area contributed by atoms with Crippen LogP contribution in [-0.2, 0) is 4.79 Å². The van der Waals surface area contributed by atoms with Crippen molar-refractivity contribution in [3.8, 4) is 0 Å². The van der Waals surface area contributed by atoms with Crippen LogP contribution in [0, 0.1) is 0 Å². The van der Waals surface area contributed by atoms with Crippen LogP contribution in [0.3, 0.4) is 0 Å². The number of nitrogens with one attached hydrogen (secondary N) is 2. The molecule has 9 heteroatoms. The van der Waals surface area contributed by atoms with E-state index in [0.717, 1.165) is 15.5 Å². The predicted molar refractivity (Wildman–Crippen MR) is 158 cm³/mol. The van der Waals surface area contributed by atoms with Crippen molar-refractivity contribution in [3.63, 3.8) is 0 Å². The molecule has 0 saturated heterocycles. The van der Waals surface area contributed by atoms with Crippen molar-refractivity contribution in [2.24, 2.45) is 0 Å². The van der Waals surface area contributed by atoms with E-state index in [1.807, 2.05) is 72.5 Å². The molecule has 198 valence electrons. The van der Waals surface area contributed by atoms with Gasteiger partial charge < -0.3 is 15.7 Å². The Bertz CT molecular complexity index is 1450. The van der Waals surface area contributed by atoms with Crippen LogP contribution >= 0.6 is 23.5 Å². The van der Waals surface area contributed by atoms with Crippen molar-refractivity contribution >= 4 is 58.5 Å². The number of carbonyl (C=O) groups is 3. The molecule has 0 spiro atoms. The van der Waals surface area contributed by atoms with Crippen molar-refractivity contribution in [3.05, 3.63) is 103 Å². The third kappa shape index (κ3) is 6.05. The Morgan fingerprint density at radius 3 is 2.49 bits per heavy atom. The fourth-order valence-electron chi connectivity index (χ4n) is 4.46. The lowest BCUT2D eigenvalue weighted by Gasteiger charge is -2.40. The van der Waals surface area contributed by atoms with Gasteiger partial charge in [0, 0.05) is 21.2 Å². The van der Waals surface area contributed by atoms with Crippen LogP contribution in [-0.4, -0.2) is 39.6 Å². The number of benzene rings is 3. The molecular weight excluding hydrogens is 530 g/mol. The summed E-state index contributed by atoms with van der Waals surface area (Å²) in [7, 11) is 0. The third-order valence-electron chi connectivity index (χ3n) is 6.39. The monoisotopic (exact) mass is 557 g/mol. The second-order valence-corrected chi connectivity index (χ2v) is 11.5. The van der Waals surface area contributed by atoms with E-state index in [-0.39, 0.29) is 34.0 Å². The average molecular weight is 558 g/mol. The highest BCUT2D eigenvalue weighted by atomic mass is 32.2. The highest BCUT2D eigenvalue weighted by Gasteiger charge is 2.36.